The van der Waals surface area contributed by atoms with Gasteiger partial charge in [-0.25, -0.2) is 4.79 Å². The lowest BCUT2D eigenvalue weighted by Crippen LogP contribution is -2.41. The van der Waals surface area contributed by atoms with Crippen LogP contribution >= 0.6 is 0 Å². The minimum atomic E-state index is -0.561. The fourth-order valence-electron chi connectivity index (χ4n) is 2.37. The van der Waals surface area contributed by atoms with Crippen LogP contribution in [0, 0.1) is 5.92 Å². The van der Waals surface area contributed by atoms with Gasteiger partial charge in [-0.05, 0) is 46.1 Å². The van der Waals surface area contributed by atoms with Gasteiger partial charge in [0.1, 0.15) is 5.60 Å². The van der Waals surface area contributed by atoms with Crippen LogP contribution in [0.4, 0.5) is 4.79 Å². The van der Waals surface area contributed by atoms with Crippen molar-refractivity contribution in [3.8, 4) is 0 Å². The molecular formula is C19H29NO4. The van der Waals surface area contributed by atoms with E-state index in [-0.39, 0.29) is 17.9 Å². The monoisotopic (exact) mass is 335 g/mol. The molecule has 0 fully saturated rings. The third-order valence-electron chi connectivity index (χ3n) is 3.37. The maximum atomic E-state index is 12.1. The second kappa shape index (κ2) is 9.30. The molecule has 1 aromatic rings. The Morgan fingerprint density at radius 3 is 2.33 bits per heavy atom. The number of amides is 1. The third kappa shape index (κ3) is 7.99. The van der Waals surface area contributed by atoms with Crippen LogP contribution in [0.2, 0.25) is 0 Å². The molecule has 0 saturated heterocycles. The van der Waals surface area contributed by atoms with Crippen molar-refractivity contribution < 1.29 is 19.1 Å². The first kappa shape index (κ1) is 20.0. The molecule has 24 heavy (non-hydrogen) atoms. The molecule has 2 atom stereocenters. The highest BCUT2D eigenvalue weighted by atomic mass is 16.6. The number of hydrogen-bond acceptors (Lipinski definition) is 4. The van der Waals surface area contributed by atoms with Gasteiger partial charge in [-0.1, -0.05) is 37.3 Å². The molecule has 1 N–H and O–H groups in total. The smallest absolute Gasteiger partial charge is 0.407 e. The highest BCUT2D eigenvalue weighted by Gasteiger charge is 2.24. The zero-order valence-corrected chi connectivity index (χ0v) is 15.3. The van der Waals surface area contributed by atoms with Crippen LogP contribution in [0.1, 0.15) is 46.6 Å². The number of carbonyl (C=O) groups excluding carboxylic acids is 2. The van der Waals surface area contributed by atoms with Crippen LogP contribution in [0.15, 0.2) is 30.3 Å². The average molecular weight is 335 g/mol. The van der Waals surface area contributed by atoms with Crippen LogP contribution < -0.4 is 5.32 Å². The molecule has 0 heterocycles. The van der Waals surface area contributed by atoms with Crippen molar-refractivity contribution in [2.45, 2.75) is 59.1 Å². The molecule has 5 heteroatoms. The van der Waals surface area contributed by atoms with Gasteiger partial charge >= 0.3 is 12.1 Å². The Morgan fingerprint density at radius 2 is 1.79 bits per heavy atom. The van der Waals surface area contributed by atoms with Crippen molar-refractivity contribution in [1.82, 2.24) is 5.32 Å². The summed E-state index contributed by atoms with van der Waals surface area (Å²) in [4.78, 5) is 24.0. The van der Waals surface area contributed by atoms with E-state index in [9.17, 15) is 9.59 Å². The number of rotatable bonds is 7. The Bertz CT molecular complexity index is 522. The van der Waals surface area contributed by atoms with E-state index < -0.39 is 11.7 Å². The molecule has 1 aromatic carbocycles. The van der Waals surface area contributed by atoms with Crippen LogP contribution in [0.25, 0.3) is 0 Å². The van der Waals surface area contributed by atoms with Crippen molar-refractivity contribution in [2.24, 2.45) is 5.92 Å². The Balaban J connectivity index is 2.75. The number of nitrogens with one attached hydrogen (secondary N) is 1. The SMILES string of the molecule is CCOC(=O)[C@H](C)C[C@H](Cc1ccccc1)NC(=O)OC(C)(C)C. The first-order valence-corrected chi connectivity index (χ1v) is 8.41. The van der Waals surface area contributed by atoms with Crippen molar-refractivity contribution in [1.29, 1.82) is 0 Å². The number of hydrogen-bond donors (Lipinski definition) is 1. The van der Waals surface area contributed by atoms with E-state index in [1.54, 1.807) is 6.92 Å². The lowest BCUT2D eigenvalue weighted by molar-refractivity contribution is -0.147. The van der Waals surface area contributed by atoms with E-state index in [0.29, 0.717) is 19.4 Å². The number of esters is 1. The molecule has 0 radical (unpaired) electrons. The van der Waals surface area contributed by atoms with E-state index in [2.05, 4.69) is 5.32 Å². The van der Waals surface area contributed by atoms with E-state index >= 15 is 0 Å². The van der Waals surface area contributed by atoms with Gasteiger partial charge in [-0.3, -0.25) is 4.79 Å². The molecule has 1 amide bonds. The molecule has 0 unspecified atom stereocenters. The van der Waals surface area contributed by atoms with E-state index in [4.69, 9.17) is 9.47 Å². The lowest BCUT2D eigenvalue weighted by atomic mass is 9.96. The summed E-state index contributed by atoms with van der Waals surface area (Å²) in [5.41, 5.74) is 0.531. The molecule has 0 aliphatic heterocycles. The maximum absolute atomic E-state index is 12.1. The summed E-state index contributed by atoms with van der Waals surface area (Å²) in [5, 5.41) is 2.88. The normalized spacial score (nSPS) is 13.7. The summed E-state index contributed by atoms with van der Waals surface area (Å²) in [7, 11) is 0. The zero-order chi connectivity index (χ0) is 18.2. The Kier molecular flexibility index (Phi) is 7.75. The van der Waals surface area contributed by atoms with Gasteiger partial charge in [0.15, 0.2) is 0 Å². The highest BCUT2D eigenvalue weighted by molar-refractivity contribution is 5.72. The number of ether oxygens (including phenoxy) is 2. The molecule has 1 rings (SSSR count). The van der Waals surface area contributed by atoms with E-state index in [0.717, 1.165) is 5.56 Å². The first-order valence-electron chi connectivity index (χ1n) is 8.41. The van der Waals surface area contributed by atoms with Crippen LogP contribution in [-0.4, -0.2) is 30.3 Å². The summed E-state index contributed by atoms with van der Waals surface area (Å²) in [5.74, 6) is -0.546. The van der Waals surface area contributed by atoms with Crippen LogP contribution in [-0.2, 0) is 20.7 Å². The summed E-state index contributed by atoms with van der Waals surface area (Å²) in [6.07, 6.45) is 0.649. The molecule has 5 nitrogen and oxygen atoms in total. The molecule has 0 aliphatic rings. The van der Waals surface area contributed by atoms with Crippen LogP contribution in [0.5, 0.6) is 0 Å². The molecule has 0 aromatic heterocycles. The van der Waals surface area contributed by atoms with Crippen molar-refractivity contribution in [2.75, 3.05) is 6.61 Å². The molecular weight excluding hydrogens is 306 g/mol. The topological polar surface area (TPSA) is 64.6 Å². The summed E-state index contributed by atoms with van der Waals surface area (Å²) >= 11 is 0. The number of carbonyl (C=O) groups is 2. The largest absolute Gasteiger partial charge is 0.466 e. The molecule has 0 spiro atoms. The van der Waals surface area contributed by atoms with Gasteiger partial charge in [0.25, 0.3) is 0 Å². The van der Waals surface area contributed by atoms with Gasteiger partial charge in [-0.2, -0.15) is 0 Å². The second-order valence-electron chi connectivity index (χ2n) is 6.92. The van der Waals surface area contributed by atoms with Crippen molar-refractivity contribution in [3.63, 3.8) is 0 Å². The summed E-state index contributed by atoms with van der Waals surface area (Å²) in [6, 6.07) is 9.64. The minimum absolute atomic E-state index is 0.207. The van der Waals surface area contributed by atoms with Gasteiger partial charge in [0.2, 0.25) is 0 Å². The predicted octanol–water partition coefficient (Wildman–Crippen LogP) is 3.71. The second-order valence-corrected chi connectivity index (χ2v) is 6.92. The number of alkyl carbamates (subject to hydrolysis) is 1. The third-order valence-corrected chi connectivity index (χ3v) is 3.37. The van der Waals surface area contributed by atoms with E-state index in [1.807, 2.05) is 58.0 Å². The number of benzene rings is 1. The molecule has 134 valence electrons. The average Bonchev–Trinajstić information content (AvgIpc) is 2.46. The minimum Gasteiger partial charge on any atom is -0.466 e. The van der Waals surface area contributed by atoms with Crippen molar-refractivity contribution >= 4 is 12.1 Å². The highest BCUT2D eigenvalue weighted by Crippen LogP contribution is 2.15. The predicted molar refractivity (Wildman–Crippen MR) is 93.7 cm³/mol. The van der Waals surface area contributed by atoms with E-state index in [1.165, 1.54) is 0 Å². The molecule has 0 bridgehead atoms. The maximum Gasteiger partial charge on any atom is 0.407 e. The zero-order valence-electron chi connectivity index (χ0n) is 15.3. The standard InChI is InChI=1S/C19H29NO4/c1-6-23-17(21)14(2)12-16(13-15-10-8-7-9-11-15)20-18(22)24-19(3,4)5/h7-11,14,16H,6,12-13H2,1-5H3,(H,20,22)/t14-,16-/m1/s1. The molecule has 0 saturated carbocycles. The summed E-state index contributed by atoms with van der Waals surface area (Å²) < 4.78 is 10.4. The van der Waals surface area contributed by atoms with Gasteiger partial charge in [-0.15, -0.1) is 0 Å². The Morgan fingerprint density at radius 1 is 1.17 bits per heavy atom. The van der Waals surface area contributed by atoms with Crippen LogP contribution in [0.3, 0.4) is 0 Å². The van der Waals surface area contributed by atoms with Gasteiger partial charge in [0.05, 0.1) is 12.5 Å². The van der Waals surface area contributed by atoms with Gasteiger partial charge in [0, 0.05) is 6.04 Å². The lowest BCUT2D eigenvalue weighted by Gasteiger charge is -2.25. The summed E-state index contributed by atoms with van der Waals surface area (Å²) in [6.45, 7) is 9.41. The first-order chi connectivity index (χ1) is 11.2. The van der Waals surface area contributed by atoms with Crippen molar-refractivity contribution in [3.05, 3.63) is 35.9 Å². The fraction of sp³-hybridized carbons (Fsp3) is 0.579. The quantitative estimate of drug-likeness (QED) is 0.772. The Labute approximate surface area is 144 Å². The Hall–Kier alpha value is -2.04. The fourth-order valence-corrected chi connectivity index (χ4v) is 2.37. The van der Waals surface area contributed by atoms with Gasteiger partial charge < -0.3 is 14.8 Å². The molecule has 0 aliphatic carbocycles.